The maximum Gasteiger partial charge on any atom is 0.349 e. The van der Waals surface area contributed by atoms with Crippen molar-refractivity contribution in [2.45, 2.75) is 13.8 Å². The number of amides is 1. The molecule has 2 N–H and O–H groups in total. The van der Waals surface area contributed by atoms with Crippen LogP contribution in [0.1, 0.15) is 21.7 Å². The van der Waals surface area contributed by atoms with E-state index < -0.39 is 11.5 Å². The van der Waals surface area contributed by atoms with Crippen molar-refractivity contribution >= 4 is 22.7 Å². The van der Waals surface area contributed by atoms with Crippen LogP contribution in [0.5, 0.6) is 0 Å². The minimum absolute atomic E-state index is 0.0254. The van der Waals surface area contributed by atoms with Crippen LogP contribution in [0.25, 0.3) is 16.8 Å². The molecule has 0 atom stereocenters. The number of nitrogens with zero attached hydrogens (tertiary/aromatic N) is 4. The van der Waals surface area contributed by atoms with E-state index in [0.29, 0.717) is 35.7 Å². The van der Waals surface area contributed by atoms with E-state index in [2.05, 4.69) is 25.7 Å². The second-order valence-electron chi connectivity index (χ2n) is 6.77. The fourth-order valence-corrected chi connectivity index (χ4v) is 3.10. The van der Waals surface area contributed by atoms with Crippen molar-refractivity contribution < 1.29 is 9.21 Å². The summed E-state index contributed by atoms with van der Waals surface area (Å²) in [6.07, 6.45) is 1.45. The van der Waals surface area contributed by atoms with Gasteiger partial charge >= 0.3 is 5.63 Å². The minimum atomic E-state index is -0.663. The predicted octanol–water partition coefficient (Wildman–Crippen LogP) is 2.23. The lowest BCUT2D eigenvalue weighted by Gasteiger charge is -2.09. The molecule has 0 spiro atoms. The van der Waals surface area contributed by atoms with Gasteiger partial charge in [0.2, 0.25) is 0 Å². The highest BCUT2D eigenvalue weighted by Gasteiger charge is 2.13. The average Bonchev–Trinajstić information content (AvgIpc) is 3.08. The summed E-state index contributed by atoms with van der Waals surface area (Å²) >= 11 is 0. The number of benzene rings is 1. The molecular formula is C21H20N6O3. The second kappa shape index (κ2) is 8.16. The zero-order valence-corrected chi connectivity index (χ0v) is 16.5. The van der Waals surface area contributed by atoms with Crippen molar-refractivity contribution in [1.82, 2.24) is 25.1 Å². The van der Waals surface area contributed by atoms with Gasteiger partial charge in [0.15, 0.2) is 5.82 Å². The maximum atomic E-state index is 12.4. The molecule has 0 aliphatic heterocycles. The SMILES string of the molecule is Cc1cc(C)n(-c2cc(NCCNC(=O)c3cc4ccccc4oc3=O)ncn2)n1. The van der Waals surface area contributed by atoms with Gasteiger partial charge in [0.05, 0.1) is 5.69 Å². The molecule has 3 heterocycles. The summed E-state index contributed by atoms with van der Waals surface area (Å²) < 4.78 is 6.94. The first kappa shape index (κ1) is 19.3. The molecule has 9 nitrogen and oxygen atoms in total. The van der Waals surface area contributed by atoms with E-state index in [4.69, 9.17) is 4.42 Å². The predicted molar refractivity (Wildman–Crippen MR) is 112 cm³/mol. The van der Waals surface area contributed by atoms with Crippen molar-refractivity contribution in [1.29, 1.82) is 0 Å². The Labute approximate surface area is 171 Å². The van der Waals surface area contributed by atoms with E-state index in [0.717, 1.165) is 11.4 Å². The summed E-state index contributed by atoms with van der Waals surface area (Å²) in [4.78, 5) is 32.9. The fraction of sp³-hybridized carbons (Fsp3) is 0.190. The average molecular weight is 404 g/mol. The number of carbonyl (C=O) groups excluding carboxylic acids is 1. The maximum absolute atomic E-state index is 12.4. The van der Waals surface area contributed by atoms with Crippen LogP contribution in [0, 0.1) is 13.8 Å². The number of para-hydroxylation sites is 1. The molecule has 0 aliphatic rings. The van der Waals surface area contributed by atoms with Crippen LogP contribution in [0.4, 0.5) is 5.82 Å². The van der Waals surface area contributed by atoms with Gasteiger partial charge in [-0.15, -0.1) is 0 Å². The molecular weight excluding hydrogens is 384 g/mol. The molecule has 4 aromatic rings. The quantitative estimate of drug-likeness (QED) is 0.374. The van der Waals surface area contributed by atoms with Crippen molar-refractivity contribution in [3.05, 3.63) is 76.2 Å². The van der Waals surface area contributed by atoms with Crippen LogP contribution in [-0.4, -0.2) is 38.7 Å². The molecule has 0 aliphatic carbocycles. The summed E-state index contributed by atoms with van der Waals surface area (Å²) in [6.45, 7) is 4.58. The monoisotopic (exact) mass is 404 g/mol. The fourth-order valence-electron chi connectivity index (χ4n) is 3.10. The zero-order valence-electron chi connectivity index (χ0n) is 16.5. The third-order valence-corrected chi connectivity index (χ3v) is 4.48. The standard InChI is InChI=1S/C21H20N6O3/c1-13-9-14(2)27(26-13)19-11-18(24-12-25-19)22-7-8-23-20(28)16-10-15-5-3-4-6-17(15)30-21(16)29/h3-6,9-12H,7-8H2,1-2H3,(H,23,28)(H,22,24,25). The zero-order chi connectivity index (χ0) is 21.1. The van der Waals surface area contributed by atoms with Crippen molar-refractivity contribution in [2.75, 3.05) is 18.4 Å². The number of fused-ring (bicyclic) bond motifs is 1. The van der Waals surface area contributed by atoms with Gasteiger partial charge in [-0.05, 0) is 32.0 Å². The highest BCUT2D eigenvalue weighted by Crippen LogP contribution is 2.13. The van der Waals surface area contributed by atoms with Crippen molar-refractivity contribution in [2.24, 2.45) is 0 Å². The van der Waals surface area contributed by atoms with E-state index in [-0.39, 0.29) is 5.56 Å². The van der Waals surface area contributed by atoms with E-state index in [1.807, 2.05) is 26.0 Å². The van der Waals surface area contributed by atoms with Crippen LogP contribution < -0.4 is 16.3 Å². The molecule has 0 bridgehead atoms. The number of anilines is 1. The van der Waals surface area contributed by atoms with Crippen LogP contribution in [0.2, 0.25) is 0 Å². The first-order chi connectivity index (χ1) is 14.5. The number of carbonyl (C=O) groups is 1. The van der Waals surface area contributed by atoms with Crippen LogP contribution >= 0.6 is 0 Å². The summed E-state index contributed by atoms with van der Waals surface area (Å²) in [7, 11) is 0. The molecule has 3 aromatic heterocycles. The molecule has 0 radical (unpaired) electrons. The van der Waals surface area contributed by atoms with Gasteiger partial charge in [0, 0.05) is 30.2 Å². The molecule has 0 fully saturated rings. The van der Waals surface area contributed by atoms with Crippen LogP contribution in [-0.2, 0) is 0 Å². The minimum Gasteiger partial charge on any atom is -0.422 e. The highest BCUT2D eigenvalue weighted by atomic mass is 16.4. The second-order valence-corrected chi connectivity index (χ2v) is 6.77. The summed E-state index contributed by atoms with van der Waals surface area (Å²) in [6, 6.07) is 12.3. The van der Waals surface area contributed by atoms with Gasteiger partial charge in [0.25, 0.3) is 5.91 Å². The summed E-state index contributed by atoms with van der Waals surface area (Å²) in [5.41, 5.74) is 1.63. The number of aromatic nitrogens is 4. The van der Waals surface area contributed by atoms with E-state index >= 15 is 0 Å². The Morgan fingerprint density at radius 3 is 2.73 bits per heavy atom. The number of nitrogens with one attached hydrogen (secondary N) is 2. The number of aryl methyl sites for hydroxylation is 2. The Morgan fingerprint density at radius 2 is 1.93 bits per heavy atom. The lowest BCUT2D eigenvalue weighted by Crippen LogP contribution is -2.32. The van der Waals surface area contributed by atoms with Gasteiger partial charge in [-0.2, -0.15) is 5.10 Å². The molecule has 0 saturated heterocycles. The molecule has 0 unspecified atom stereocenters. The van der Waals surface area contributed by atoms with Crippen LogP contribution in [0.3, 0.4) is 0 Å². The first-order valence-corrected chi connectivity index (χ1v) is 9.42. The van der Waals surface area contributed by atoms with Gasteiger partial charge < -0.3 is 15.1 Å². The molecule has 1 aromatic carbocycles. The largest absolute Gasteiger partial charge is 0.422 e. The van der Waals surface area contributed by atoms with Crippen molar-refractivity contribution in [3.63, 3.8) is 0 Å². The van der Waals surface area contributed by atoms with Gasteiger partial charge in [0.1, 0.15) is 23.3 Å². The van der Waals surface area contributed by atoms with E-state index in [9.17, 15) is 9.59 Å². The van der Waals surface area contributed by atoms with Gasteiger partial charge in [-0.3, -0.25) is 4.79 Å². The summed E-state index contributed by atoms with van der Waals surface area (Å²) in [5.74, 6) is 0.769. The Morgan fingerprint density at radius 1 is 1.10 bits per heavy atom. The molecule has 9 heteroatoms. The molecule has 1 amide bonds. The van der Waals surface area contributed by atoms with Crippen molar-refractivity contribution in [3.8, 4) is 5.82 Å². The van der Waals surface area contributed by atoms with E-state index in [1.54, 1.807) is 28.9 Å². The Kier molecular flexibility index (Phi) is 5.25. The topological polar surface area (TPSA) is 115 Å². The van der Waals surface area contributed by atoms with Crippen LogP contribution in [0.15, 0.2) is 58.0 Å². The number of rotatable bonds is 6. The molecule has 152 valence electrons. The van der Waals surface area contributed by atoms with Gasteiger partial charge in [-0.25, -0.2) is 19.4 Å². The molecule has 4 rings (SSSR count). The summed E-state index contributed by atoms with van der Waals surface area (Å²) in [5, 5.41) is 10.9. The van der Waals surface area contributed by atoms with Gasteiger partial charge in [-0.1, -0.05) is 18.2 Å². The third kappa shape index (κ3) is 4.04. The van der Waals surface area contributed by atoms with E-state index in [1.165, 1.54) is 12.4 Å². The number of hydrogen-bond donors (Lipinski definition) is 2. The smallest absolute Gasteiger partial charge is 0.349 e. The third-order valence-electron chi connectivity index (χ3n) is 4.48. The normalized spacial score (nSPS) is 10.9. The lowest BCUT2D eigenvalue weighted by atomic mass is 10.2. The molecule has 0 saturated carbocycles. The Bertz CT molecular complexity index is 1280. The Balaban J connectivity index is 1.37. The Hall–Kier alpha value is -4.01. The highest BCUT2D eigenvalue weighted by molar-refractivity contribution is 5.96. The number of hydrogen-bond acceptors (Lipinski definition) is 7. The first-order valence-electron chi connectivity index (χ1n) is 9.42. The lowest BCUT2D eigenvalue weighted by molar-refractivity contribution is 0.0951. The molecule has 30 heavy (non-hydrogen) atoms.